The normalized spacial score (nSPS) is 17.8. The number of hydrogen-bond acceptors (Lipinski definition) is 3. The highest BCUT2D eigenvalue weighted by molar-refractivity contribution is 7.99. The fourth-order valence-corrected chi connectivity index (χ4v) is 3.89. The summed E-state index contributed by atoms with van der Waals surface area (Å²) in [5.41, 5.74) is 1.34. The fraction of sp³-hybridized carbons (Fsp3) is 0.350. The van der Waals surface area contributed by atoms with Gasteiger partial charge in [0.15, 0.2) is 0 Å². The van der Waals surface area contributed by atoms with E-state index in [1.54, 1.807) is 11.8 Å². The number of hydrogen-bond donors (Lipinski definition) is 1. The topological polar surface area (TPSA) is 32.3 Å². The molecule has 1 amide bonds. The molecule has 0 aliphatic carbocycles. The van der Waals surface area contributed by atoms with Gasteiger partial charge in [0.05, 0.1) is 0 Å². The van der Waals surface area contributed by atoms with Crippen LogP contribution in [0, 0.1) is 0 Å². The molecule has 2 aromatic carbocycles. The first kappa shape index (κ1) is 17.1. The van der Waals surface area contributed by atoms with E-state index < -0.39 is 0 Å². The van der Waals surface area contributed by atoms with Crippen LogP contribution >= 0.6 is 11.8 Å². The summed E-state index contributed by atoms with van der Waals surface area (Å²) in [5.74, 6) is 1.00. The Morgan fingerprint density at radius 1 is 1.08 bits per heavy atom. The quantitative estimate of drug-likeness (QED) is 0.782. The number of nitrogens with zero attached hydrogens (tertiary/aromatic N) is 1. The van der Waals surface area contributed by atoms with Crippen LogP contribution in [0.4, 0.5) is 0 Å². The molecule has 1 heterocycles. The summed E-state index contributed by atoms with van der Waals surface area (Å²) in [4.78, 5) is 15.7. The monoisotopic (exact) mass is 340 g/mol. The van der Waals surface area contributed by atoms with Gasteiger partial charge in [0, 0.05) is 42.7 Å². The molecule has 0 aromatic heterocycles. The summed E-state index contributed by atoms with van der Waals surface area (Å²) < 4.78 is 0. The first-order valence-electron chi connectivity index (χ1n) is 8.53. The summed E-state index contributed by atoms with van der Waals surface area (Å²) in [6, 6.07) is 21.1. The van der Waals surface area contributed by atoms with E-state index in [-0.39, 0.29) is 5.91 Å². The summed E-state index contributed by atoms with van der Waals surface area (Å²) in [7, 11) is 0. The molecule has 1 unspecified atom stereocenters. The summed E-state index contributed by atoms with van der Waals surface area (Å²) in [5, 5.41) is 3.19. The smallest absolute Gasteiger partial charge is 0.221 e. The lowest BCUT2D eigenvalue weighted by molar-refractivity contribution is -0.121. The number of rotatable bonds is 7. The van der Waals surface area contributed by atoms with E-state index in [1.807, 2.05) is 24.3 Å². The molecule has 126 valence electrons. The van der Waals surface area contributed by atoms with E-state index in [0.29, 0.717) is 12.5 Å². The Kier molecular flexibility index (Phi) is 6.33. The van der Waals surface area contributed by atoms with Crippen molar-refractivity contribution < 1.29 is 4.79 Å². The van der Waals surface area contributed by atoms with Crippen LogP contribution in [-0.4, -0.2) is 35.7 Å². The summed E-state index contributed by atoms with van der Waals surface area (Å²) >= 11 is 1.74. The fourth-order valence-electron chi connectivity index (χ4n) is 3.01. The first-order chi connectivity index (χ1) is 11.8. The van der Waals surface area contributed by atoms with Crippen molar-refractivity contribution in [2.45, 2.75) is 30.3 Å². The average Bonchev–Trinajstić information content (AvgIpc) is 3.03. The predicted molar refractivity (Wildman–Crippen MR) is 100 cm³/mol. The van der Waals surface area contributed by atoms with Gasteiger partial charge in [0.25, 0.3) is 0 Å². The summed E-state index contributed by atoms with van der Waals surface area (Å²) in [6.07, 6.45) is 1.62. The molecule has 2 aromatic rings. The molecule has 1 N–H and O–H groups in total. The minimum atomic E-state index is 0.171. The van der Waals surface area contributed by atoms with Crippen molar-refractivity contribution in [2.75, 3.05) is 18.8 Å². The highest BCUT2D eigenvalue weighted by Gasteiger charge is 2.23. The summed E-state index contributed by atoms with van der Waals surface area (Å²) in [6.45, 7) is 2.97. The molecule has 1 aliphatic rings. The van der Waals surface area contributed by atoms with Gasteiger partial charge in [-0.15, -0.1) is 11.8 Å². The molecular weight excluding hydrogens is 316 g/mol. The lowest BCUT2D eigenvalue weighted by atomic mass is 10.2. The van der Waals surface area contributed by atoms with Gasteiger partial charge in [0.1, 0.15) is 0 Å². The van der Waals surface area contributed by atoms with Crippen molar-refractivity contribution in [2.24, 2.45) is 0 Å². The van der Waals surface area contributed by atoms with E-state index in [1.165, 1.54) is 10.5 Å². The Morgan fingerprint density at radius 3 is 2.54 bits per heavy atom. The molecule has 1 atom stereocenters. The van der Waals surface area contributed by atoms with Gasteiger partial charge in [-0.1, -0.05) is 48.5 Å². The zero-order valence-corrected chi connectivity index (χ0v) is 14.7. The second-order valence-corrected chi connectivity index (χ2v) is 7.35. The lowest BCUT2D eigenvalue weighted by Crippen LogP contribution is -2.37. The van der Waals surface area contributed by atoms with Crippen molar-refractivity contribution in [3.8, 4) is 0 Å². The second kappa shape index (κ2) is 8.90. The Labute approximate surface area is 148 Å². The van der Waals surface area contributed by atoms with Crippen molar-refractivity contribution in [1.29, 1.82) is 0 Å². The van der Waals surface area contributed by atoms with Crippen molar-refractivity contribution in [1.82, 2.24) is 10.2 Å². The minimum Gasteiger partial charge on any atom is -0.352 e. The average molecular weight is 340 g/mol. The highest BCUT2D eigenvalue weighted by atomic mass is 32.2. The number of carbonyl (C=O) groups excluding carboxylic acids is 1. The molecule has 4 heteroatoms. The predicted octanol–water partition coefficient (Wildman–Crippen LogP) is 3.56. The minimum absolute atomic E-state index is 0.171. The van der Waals surface area contributed by atoms with Crippen LogP contribution in [0.1, 0.15) is 18.4 Å². The molecule has 24 heavy (non-hydrogen) atoms. The van der Waals surface area contributed by atoms with Crippen LogP contribution in [-0.2, 0) is 11.3 Å². The number of carbonyl (C=O) groups is 1. The zero-order valence-electron chi connectivity index (χ0n) is 13.9. The third-order valence-electron chi connectivity index (χ3n) is 4.23. The maximum atomic E-state index is 12.1. The molecule has 0 radical (unpaired) electrons. The molecule has 1 saturated heterocycles. The lowest BCUT2D eigenvalue weighted by Gasteiger charge is -2.16. The molecule has 1 aliphatic heterocycles. The van der Waals surface area contributed by atoms with Crippen LogP contribution in [0.25, 0.3) is 0 Å². The van der Waals surface area contributed by atoms with E-state index in [9.17, 15) is 4.79 Å². The molecule has 3 nitrogen and oxygen atoms in total. The maximum Gasteiger partial charge on any atom is 0.221 e. The van der Waals surface area contributed by atoms with E-state index in [2.05, 4.69) is 46.6 Å². The molecule has 0 spiro atoms. The van der Waals surface area contributed by atoms with Crippen molar-refractivity contribution in [3.63, 3.8) is 0 Å². The molecule has 3 rings (SSSR count). The van der Waals surface area contributed by atoms with E-state index in [0.717, 1.165) is 31.8 Å². The Hall–Kier alpha value is -1.78. The van der Waals surface area contributed by atoms with Crippen molar-refractivity contribution in [3.05, 3.63) is 66.2 Å². The van der Waals surface area contributed by atoms with Gasteiger partial charge in [-0.25, -0.2) is 0 Å². The highest BCUT2D eigenvalue weighted by Crippen LogP contribution is 2.18. The van der Waals surface area contributed by atoms with E-state index >= 15 is 0 Å². The number of thioether (sulfide) groups is 1. The number of benzene rings is 2. The third-order valence-corrected chi connectivity index (χ3v) is 5.24. The van der Waals surface area contributed by atoms with Crippen molar-refractivity contribution >= 4 is 17.7 Å². The van der Waals surface area contributed by atoms with Gasteiger partial charge < -0.3 is 5.32 Å². The maximum absolute atomic E-state index is 12.1. The Bertz CT molecular complexity index is 633. The Morgan fingerprint density at radius 2 is 1.79 bits per heavy atom. The van der Waals surface area contributed by atoms with Gasteiger partial charge in [-0.05, 0) is 24.1 Å². The SMILES string of the molecule is O=C(CCSc1ccccc1)NC1CCN(Cc2ccccc2)C1. The second-order valence-electron chi connectivity index (χ2n) is 6.19. The van der Waals surface area contributed by atoms with Crippen LogP contribution in [0.5, 0.6) is 0 Å². The van der Waals surface area contributed by atoms with Gasteiger partial charge >= 0.3 is 0 Å². The molecular formula is C20H24N2OS. The number of nitrogens with one attached hydrogen (secondary N) is 1. The zero-order chi connectivity index (χ0) is 16.6. The molecule has 0 bridgehead atoms. The molecule has 0 saturated carbocycles. The standard InChI is InChI=1S/C20H24N2OS/c23-20(12-14-24-19-9-5-2-6-10-19)21-18-11-13-22(16-18)15-17-7-3-1-4-8-17/h1-10,18H,11-16H2,(H,21,23). The van der Waals surface area contributed by atoms with Gasteiger partial charge in [-0.2, -0.15) is 0 Å². The van der Waals surface area contributed by atoms with Crippen LogP contribution in [0.3, 0.4) is 0 Å². The van der Waals surface area contributed by atoms with Crippen LogP contribution < -0.4 is 5.32 Å². The number of amides is 1. The van der Waals surface area contributed by atoms with Gasteiger partial charge in [-0.3, -0.25) is 9.69 Å². The van der Waals surface area contributed by atoms with E-state index in [4.69, 9.17) is 0 Å². The molecule has 1 fully saturated rings. The largest absolute Gasteiger partial charge is 0.352 e. The third kappa shape index (κ3) is 5.39. The number of likely N-dealkylation sites (tertiary alicyclic amines) is 1. The van der Waals surface area contributed by atoms with Crippen LogP contribution in [0.2, 0.25) is 0 Å². The Balaban J connectivity index is 1.35. The first-order valence-corrected chi connectivity index (χ1v) is 9.51. The van der Waals surface area contributed by atoms with Crippen LogP contribution in [0.15, 0.2) is 65.6 Å². The van der Waals surface area contributed by atoms with Gasteiger partial charge in [0.2, 0.25) is 5.91 Å².